The molecule has 1 fully saturated rings. The summed E-state index contributed by atoms with van der Waals surface area (Å²) in [6.07, 6.45) is 0.764. The summed E-state index contributed by atoms with van der Waals surface area (Å²) >= 11 is 0. The van der Waals surface area contributed by atoms with Gasteiger partial charge in [0.1, 0.15) is 11.6 Å². The van der Waals surface area contributed by atoms with Gasteiger partial charge in [0.25, 0.3) is 0 Å². The number of anilines is 1. The Hall–Kier alpha value is -2.30. The molecule has 0 aliphatic carbocycles. The summed E-state index contributed by atoms with van der Waals surface area (Å²) in [5.74, 6) is -3.50. The van der Waals surface area contributed by atoms with Gasteiger partial charge < -0.3 is 0 Å². The summed E-state index contributed by atoms with van der Waals surface area (Å²) in [5.41, 5.74) is 1.59. The number of hydrogen-bond acceptors (Lipinski definition) is 4. The molecule has 0 spiro atoms. The molecule has 0 aromatic heterocycles. The molecule has 1 atom stereocenters. The number of ketones is 2. The topological polar surface area (TPSA) is 71.5 Å². The monoisotopic (exact) mass is 301 g/mol. The second kappa shape index (κ2) is 6.22. The zero-order valence-electron chi connectivity index (χ0n) is 13.0. The van der Waals surface area contributed by atoms with Crippen LogP contribution in [-0.2, 0) is 25.6 Å². The number of hydrogen-bond donors (Lipinski definition) is 0. The Balaban J connectivity index is 2.31. The molecule has 1 unspecified atom stereocenters. The largest absolute Gasteiger partial charge is 0.299 e. The van der Waals surface area contributed by atoms with Crippen LogP contribution in [0.1, 0.15) is 32.8 Å². The third-order valence-electron chi connectivity index (χ3n) is 4.06. The molecule has 0 saturated carbocycles. The van der Waals surface area contributed by atoms with Gasteiger partial charge in [-0.05, 0) is 38.0 Å². The van der Waals surface area contributed by atoms with E-state index in [-0.39, 0.29) is 23.9 Å². The normalized spacial score (nSPS) is 18.2. The summed E-state index contributed by atoms with van der Waals surface area (Å²) in [7, 11) is 0. The molecule has 0 radical (unpaired) electrons. The molecule has 116 valence electrons. The summed E-state index contributed by atoms with van der Waals surface area (Å²) in [6.45, 7) is 4.58. The number of benzene rings is 1. The van der Waals surface area contributed by atoms with Crippen LogP contribution in [0.2, 0.25) is 0 Å². The molecule has 1 aliphatic heterocycles. The maximum Gasteiger partial charge on any atom is 0.238 e. The molecule has 0 bridgehead atoms. The van der Waals surface area contributed by atoms with Gasteiger partial charge in [0, 0.05) is 6.42 Å². The van der Waals surface area contributed by atoms with Crippen molar-refractivity contribution >= 4 is 29.1 Å². The number of carbonyl (C=O) groups excluding carboxylic acids is 4. The number of Topliss-reactive ketones (excluding diaryl/α,β-unsaturated/α-hetero) is 2. The lowest BCUT2D eigenvalue weighted by atomic mass is 9.85. The lowest BCUT2D eigenvalue weighted by molar-refractivity contribution is -0.137. The van der Waals surface area contributed by atoms with Crippen molar-refractivity contribution in [3.63, 3.8) is 0 Å². The lowest BCUT2D eigenvalue weighted by Crippen LogP contribution is -2.36. The number of aryl methyl sites for hydroxylation is 1. The van der Waals surface area contributed by atoms with Gasteiger partial charge in [0.2, 0.25) is 11.8 Å². The number of nitrogens with zero attached hydrogens (tertiary/aromatic N) is 1. The minimum atomic E-state index is -1.03. The van der Waals surface area contributed by atoms with Crippen LogP contribution in [0.15, 0.2) is 24.3 Å². The van der Waals surface area contributed by atoms with Crippen LogP contribution >= 0.6 is 0 Å². The van der Waals surface area contributed by atoms with E-state index in [9.17, 15) is 19.2 Å². The van der Waals surface area contributed by atoms with E-state index < -0.39 is 17.7 Å². The molecule has 1 saturated heterocycles. The third kappa shape index (κ3) is 2.84. The predicted molar refractivity (Wildman–Crippen MR) is 81.3 cm³/mol. The van der Waals surface area contributed by atoms with Gasteiger partial charge in [-0.3, -0.25) is 24.1 Å². The highest BCUT2D eigenvalue weighted by atomic mass is 16.2. The van der Waals surface area contributed by atoms with E-state index in [4.69, 9.17) is 0 Å². The number of carbonyl (C=O) groups is 4. The van der Waals surface area contributed by atoms with Crippen molar-refractivity contribution in [1.29, 1.82) is 0 Å². The first-order valence-electron chi connectivity index (χ1n) is 7.33. The van der Waals surface area contributed by atoms with E-state index in [0.29, 0.717) is 5.69 Å². The Kier molecular flexibility index (Phi) is 4.54. The molecular weight excluding hydrogens is 282 g/mol. The fraction of sp³-hybridized carbons (Fsp3) is 0.412. The number of rotatable bonds is 5. The predicted octanol–water partition coefficient (Wildman–Crippen LogP) is 1.92. The summed E-state index contributed by atoms with van der Waals surface area (Å²) < 4.78 is 0. The second-order valence-corrected chi connectivity index (χ2v) is 5.60. The van der Waals surface area contributed by atoms with Crippen molar-refractivity contribution in [2.75, 3.05) is 4.90 Å². The zero-order chi connectivity index (χ0) is 16.4. The average molecular weight is 301 g/mol. The Labute approximate surface area is 129 Å². The van der Waals surface area contributed by atoms with Crippen LogP contribution in [0.25, 0.3) is 0 Å². The Morgan fingerprint density at radius 3 is 2.14 bits per heavy atom. The Bertz CT molecular complexity index is 619. The van der Waals surface area contributed by atoms with E-state index in [0.717, 1.165) is 16.9 Å². The second-order valence-electron chi connectivity index (χ2n) is 5.60. The minimum Gasteiger partial charge on any atom is -0.299 e. The Morgan fingerprint density at radius 1 is 1.14 bits per heavy atom. The van der Waals surface area contributed by atoms with Gasteiger partial charge in [-0.25, -0.2) is 0 Å². The molecule has 1 aromatic carbocycles. The summed E-state index contributed by atoms with van der Waals surface area (Å²) in [4.78, 5) is 49.1. The van der Waals surface area contributed by atoms with E-state index in [2.05, 4.69) is 0 Å². The smallest absolute Gasteiger partial charge is 0.238 e. The minimum absolute atomic E-state index is 0.0990. The van der Waals surface area contributed by atoms with Crippen LogP contribution in [0, 0.1) is 11.8 Å². The lowest BCUT2D eigenvalue weighted by Gasteiger charge is -2.18. The molecule has 0 N–H and O–H groups in total. The maximum atomic E-state index is 12.5. The molecular formula is C17H19NO4. The maximum absolute atomic E-state index is 12.5. The van der Waals surface area contributed by atoms with Gasteiger partial charge in [-0.15, -0.1) is 0 Å². The molecule has 22 heavy (non-hydrogen) atoms. The van der Waals surface area contributed by atoms with Crippen molar-refractivity contribution in [3.05, 3.63) is 29.8 Å². The van der Waals surface area contributed by atoms with Gasteiger partial charge in [0.15, 0.2) is 0 Å². The molecule has 1 heterocycles. The van der Waals surface area contributed by atoms with Crippen molar-refractivity contribution in [2.45, 2.75) is 33.6 Å². The van der Waals surface area contributed by atoms with Crippen LogP contribution in [0.3, 0.4) is 0 Å². The van der Waals surface area contributed by atoms with Crippen LogP contribution in [0.5, 0.6) is 0 Å². The van der Waals surface area contributed by atoms with Crippen LogP contribution in [0.4, 0.5) is 5.69 Å². The molecule has 1 aromatic rings. The molecule has 1 aliphatic rings. The highest BCUT2D eigenvalue weighted by molar-refractivity contribution is 6.23. The molecule has 2 amide bonds. The molecule has 5 nitrogen and oxygen atoms in total. The van der Waals surface area contributed by atoms with Crippen molar-refractivity contribution in [2.24, 2.45) is 11.8 Å². The fourth-order valence-corrected chi connectivity index (χ4v) is 2.92. The van der Waals surface area contributed by atoms with Gasteiger partial charge in [-0.2, -0.15) is 0 Å². The fourth-order valence-electron chi connectivity index (χ4n) is 2.92. The van der Waals surface area contributed by atoms with Crippen molar-refractivity contribution < 1.29 is 19.2 Å². The Morgan fingerprint density at radius 2 is 1.68 bits per heavy atom. The first-order valence-corrected chi connectivity index (χ1v) is 7.33. The summed E-state index contributed by atoms with van der Waals surface area (Å²) in [5, 5.41) is 0. The number of imide groups is 1. The van der Waals surface area contributed by atoms with Crippen molar-refractivity contribution in [3.8, 4) is 0 Å². The third-order valence-corrected chi connectivity index (χ3v) is 4.06. The number of amides is 2. The van der Waals surface area contributed by atoms with Gasteiger partial charge in [0.05, 0.1) is 17.5 Å². The van der Waals surface area contributed by atoms with Crippen LogP contribution in [-0.4, -0.2) is 23.4 Å². The van der Waals surface area contributed by atoms with Crippen LogP contribution < -0.4 is 4.90 Å². The van der Waals surface area contributed by atoms with Gasteiger partial charge in [-0.1, -0.05) is 19.1 Å². The van der Waals surface area contributed by atoms with E-state index in [1.54, 1.807) is 12.1 Å². The molecule has 2 rings (SSSR count). The average Bonchev–Trinajstić information content (AvgIpc) is 2.73. The first kappa shape index (κ1) is 16.1. The van der Waals surface area contributed by atoms with Gasteiger partial charge >= 0.3 is 0 Å². The SMILES string of the molecule is CCc1ccc(N2C(=O)CC(C(C(C)=O)C(C)=O)C2=O)cc1. The van der Waals surface area contributed by atoms with E-state index in [1.165, 1.54) is 13.8 Å². The quantitative estimate of drug-likeness (QED) is 0.615. The van der Waals surface area contributed by atoms with Crippen molar-refractivity contribution in [1.82, 2.24) is 0 Å². The standard InChI is InChI=1S/C17H19NO4/c1-4-12-5-7-13(8-6-12)18-15(21)9-14(17(18)22)16(10(2)19)11(3)20/h5-8,14,16H,4,9H2,1-3H3. The summed E-state index contributed by atoms with van der Waals surface area (Å²) in [6, 6.07) is 7.15. The highest BCUT2D eigenvalue weighted by Crippen LogP contribution is 2.32. The molecule has 5 heteroatoms. The highest BCUT2D eigenvalue weighted by Gasteiger charge is 2.46. The first-order chi connectivity index (χ1) is 10.4. The van der Waals surface area contributed by atoms with E-state index >= 15 is 0 Å². The van der Waals surface area contributed by atoms with E-state index in [1.807, 2.05) is 19.1 Å². The zero-order valence-corrected chi connectivity index (χ0v) is 13.0.